The Kier molecular flexibility index (Phi) is 8.63. The number of hydrogen-bond acceptors (Lipinski definition) is 4. The average molecular weight is 520 g/mol. The number of benzene rings is 2. The molecule has 188 valence electrons. The Morgan fingerprint density at radius 3 is 2.50 bits per heavy atom. The molecule has 1 amide bonds. The van der Waals surface area contributed by atoms with Gasteiger partial charge in [0.15, 0.2) is 34.4 Å². The van der Waals surface area contributed by atoms with E-state index in [0.29, 0.717) is 13.0 Å². The second-order valence-corrected chi connectivity index (χ2v) is 8.52. The highest BCUT2D eigenvalue weighted by atomic mass is 32.2. The molecule has 1 unspecified atom stereocenters. The van der Waals surface area contributed by atoms with Crippen LogP contribution in [0.15, 0.2) is 36.5 Å². The van der Waals surface area contributed by atoms with Crippen LogP contribution >= 0.6 is 0 Å². The van der Waals surface area contributed by atoms with Crippen LogP contribution in [0.25, 0.3) is 0 Å². The zero-order valence-corrected chi connectivity index (χ0v) is 19.7. The van der Waals surface area contributed by atoms with Crippen LogP contribution in [0.5, 0.6) is 0 Å². The molecule has 0 fully saturated rings. The summed E-state index contributed by atoms with van der Waals surface area (Å²) < 4.78 is 76.2. The Morgan fingerprint density at radius 2 is 1.86 bits per heavy atom. The minimum absolute atomic E-state index is 0.120. The van der Waals surface area contributed by atoms with E-state index in [0.717, 1.165) is 12.1 Å². The standard InChI is InChI=1S/C24H21F4N5O2S/c1-3-8-31-36(35)33-24-20(27)14(7-9-30-24)11-15-12-16(23(29)34)22(21(28)19(15)26)32-18-6-5-13(4-2)10-17(18)25/h2,5-7,9-10,12,31-32H,3,8,11H2,1H3,(H2,29,34)(H,30,33). The maximum atomic E-state index is 15.1. The van der Waals surface area contributed by atoms with Crippen LogP contribution in [0.3, 0.4) is 0 Å². The highest BCUT2D eigenvalue weighted by Gasteiger charge is 2.24. The van der Waals surface area contributed by atoms with E-state index < -0.39 is 63.6 Å². The van der Waals surface area contributed by atoms with E-state index >= 15 is 4.39 Å². The lowest BCUT2D eigenvalue weighted by atomic mass is 10.00. The van der Waals surface area contributed by atoms with Gasteiger partial charge < -0.3 is 11.1 Å². The van der Waals surface area contributed by atoms with Gasteiger partial charge in [0.25, 0.3) is 5.91 Å². The van der Waals surface area contributed by atoms with Crippen molar-refractivity contribution in [3.63, 3.8) is 0 Å². The molecule has 5 N–H and O–H groups in total. The van der Waals surface area contributed by atoms with Gasteiger partial charge in [0.1, 0.15) is 5.82 Å². The van der Waals surface area contributed by atoms with E-state index in [1.165, 1.54) is 24.4 Å². The number of hydrogen-bond donors (Lipinski definition) is 4. The van der Waals surface area contributed by atoms with Crippen molar-refractivity contribution in [2.45, 2.75) is 19.8 Å². The number of pyridine rings is 1. The number of rotatable bonds is 10. The highest BCUT2D eigenvalue weighted by molar-refractivity contribution is 7.84. The van der Waals surface area contributed by atoms with E-state index in [2.05, 4.69) is 25.7 Å². The summed E-state index contributed by atoms with van der Waals surface area (Å²) in [4.78, 5) is 15.8. The number of amides is 1. The molecule has 1 heterocycles. The number of primary amides is 1. The van der Waals surface area contributed by atoms with Gasteiger partial charge in [-0.15, -0.1) is 6.42 Å². The lowest BCUT2D eigenvalue weighted by Gasteiger charge is -2.16. The fourth-order valence-electron chi connectivity index (χ4n) is 3.18. The molecule has 0 aliphatic rings. The Balaban J connectivity index is 1.96. The summed E-state index contributed by atoms with van der Waals surface area (Å²) in [5.74, 6) is -3.99. The minimum Gasteiger partial charge on any atom is -0.366 e. The number of anilines is 3. The van der Waals surface area contributed by atoms with Crippen LogP contribution in [0.1, 0.15) is 40.4 Å². The predicted octanol–water partition coefficient (Wildman–Crippen LogP) is 4.04. The van der Waals surface area contributed by atoms with Crippen molar-refractivity contribution in [2.75, 3.05) is 16.6 Å². The lowest BCUT2D eigenvalue weighted by molar-refractivity contribution is 0.100. The first kappa shape index (κ1) is 26.7. The van der Waals surface area contributed by atoms with Crippen LogP contribution in [-0.2, 0) is 17.6 Å². The molecule has 0 aliphatic heterocycles. The quantitative estimate of drug-likeness (QED) is 0.239. The Morgan fingerprint density at radius 1 is 1.11 bits per heavy atom. The molecule has 0 aliphatic carbocycles. The van der Waals surface area contributed by atoms with Crippen molar-refractivity contribution in [3.8, 4) is 12.3 Å². The van der Waals surface area contributed by atoms with E-state index in [4.69, 9.17) is 12.2 Å². The molecule has 0 saturated carbocycles. The molecule has 0 bridgehead atoms. The monoisotopic (exact) mass is 519 g/mol. The van der Waals surface area contributed by atoms with Gasteiger partial charge in [0.2, 0.25) is 0 Å². The second kappa shape index (κ2) is 11.7. The van der Waals surface area contributed by atoms with Crippen LogP contribution in [0, 0.1) is 35.6 Å². The molecule has 1 atom stereocenters. The van der Waals surface area contributed by atoms with Crippen molar-refractivity contribution in [1.29, 1.82) is 0 Å². The summed E-state index contributed by atoms with van der Waals surface area (Å²) in [5, 5.41) is 2.34. The average Bonchev–Trinajstić information content (AvgIpc) is 2.85. The first-order valence-electron chi connectivity index (χ1n) is 10.5. The van der Waals surface area contributed by atoms with Crippen LogP contribution < -0.4 is 20.5 Å². The maximum absolute atomic E-state index is 15.1. The third-order valence-electron chi connectivity index (χ3n) is 4.97. The molecule has 0 radical (unpaired) electrons. The molecular weight excluding hydrogens is 498 g/mol. The van der Waals surface area contributed by atoms with Gasteiger partial charge in [0.05, 0.1) is 16.9 Å². The van der Waals surface area contributed by atoms with Crippen molar-refractivity contribution >= 4 is 34.3 Å². The molecule has 2 aromatic carbocycles. The second-order valence-electron chi connectivity index (χ2n) is 7.49. The number of carbonyl (C=O) groups is 1. The van der Waals surface area contributed by atoms with E-state index in [9.17, 15) is 22.2 Å². The lowest BCUT2D eigenvalue weighted by Crippen LogP contribution is -2.25. The van der Waals surface area contributed by atoms with Gasteiger partial charge in [-0.05, 0) is 47.9 Å². The molecule has 1 aromatic heterocycles. The van der Waals surface area contributed by atoms with Crippen LogP contribution in [-0.4, -0.2) is 21.6 Å². The topological polar surface area (TPSA) is 109 Å². The number of nitrogens with zero attached hydrogens (tertiary/aromatic N) is 1. The van der Waals surface area contributed by atoms with Crippen molar-refractivity contribution in [3.05, 3.63) is 82.1 Å². The van der Waals surface area contributed by atoms with Crippen molar-refractivity contribution in [2.24, 2.45) is 5.73 Å². The molecule has 7 nitrogen and oxygen atoms in total. The number of carbonyl (C=O) groups excluding carboxylic acids is 1. The Labute approximate surface area is 207 Å². The van der Waals surface area contributed by atoms with E-state index in [1.54, 1.807) is 0 Å². The van der Waals surface area contributed by atoms with Gasteiger partial charge in [-0.1, -0.05) is 12.8 Å². The van der Waals surface area contributed by atoms with Crippen LogP contribution in [0.4, 0.5) is 34.8 Å². The van der Waals surface area contributed by atoms with Gasteiger partial charge in [-0.25, -0.2) is 31.5 Å². The SMILES string of the molecule is C#Cc1ccc(Nc2c(C(N)=O)cc(Cc3ccnc(NS(=O)NCCC)c3F)c(F)c2F)c(F)c1. The van der Waals surface area contributed by atoms with E-state index in [1.807, 2.05) is 6.92 Å². The summed E-state index contributed by atoms with van der Waals surface area (Å²) in [6, 6.07) is 5.72. The molecule has 36 heavy (non-hydrogen) atoms. The molecule has 0 spiro atoms. The summed E-state index contributed by atoms with van der Waals surface area (Å²) in [5.41, 5.74) is 3.61. The Hall–Kier alpha value is -3.95. The van der Waals surface area contributed by atoms with E-state index in [-0.39, 0.29) is 22.6 Å². The third kappa shape index (κ3) is 5.99. The smallest absolute Gasteiger partial charge is 0.250 e. The zero-order valence-electron chi connectivity index (χ0n) is 18.9. The molecule has 3 aromatic rings. The number of aromatic nitrogens is 1. The molecule has 3 rings (SSSR count). The zero-order chi connectivity index (χ0) is 26.4. The fourth-order valence-corrected chi connectivity index (χ4v) is 3.96. The van der Waals surface area contributed by atoms with Crippen molar-refractivity contribution < 1.29 is 26.6 Å². The Bertz CT molecular complexity index is 1380. The summed E-state index contributed by atoms with van der Waals surface area (Å²) in [7, 11) is 0. The first-order chi connectivity index (χ1) is 17.2. The summed E-state index contributed by atoms with van der Waals surface area (Å²) in [6.07, 6.45) is 6.60. The normalized spacial score (nSPS) is 11.6. The predicted molar refractivity (Wildman–Crippen MR) is 130 cm³/mol. The van der Waals surface area contributed by atoms with Gasteiger partial charge in [-0.3, -0.25) is 9.52 Å². The minimum atomic E-state index is -1.83. The third-order valence-corrected chi connectivity index (χ3v) is 5.81. The largest absolute Gasteiger partial charge is 0.366 e. The molecular formula is C24H21F4N5O2S. The number of nitrogens with two attached hydrogens (primary N) is 1. The van der Waals surface area contributed by atoms with Gasteiger partial charge >= 0.3 is 0 Å². The van der Waals surface area contributed by atoms with Gasteiger partial charge in [-0.2, -0.15) is 0 Å². The summed E-state index contributed by atoms with van der Waals surface area (Å²) >= 11 is -1.83. The fraction of sp³-hybridized carbons (Fsp3) is 0.167. The number of halogens is 4. The number of terminal acetylenes is 1. The summed E-state index contributed by atoms with van der Waals surface area (Å²) in [6.45, 7) is 2.25. The first-order valence-corrected chi connectivity index (χ1v) is 11.7. The van der Waals surface area contributed by atoms with Crippen molar-refractivity contribution in [1.82, 2.24) is 9.71 Å². The molecule has 0 saturated heterocycles. The number of nitrogens with one attached hydrogen (secondary N) is 3. The maximum Gasteiger partial charge on any atom is 0.250 e. The highest BCUT2D eigenvalue weighted by Crippen LogP contribution is 2.31. The molecule has 12 heteroatoms. The van der Waals surface area contributed by atoms with Gasteiger partial charge in [0, 0.05) is 24.7 Å². The van der Waals surface area contributed by atoms with Crippen LogP contribution in [0.2, 0.25) is 0 Å².